The fourth-order valence-corrected chi connectivity index (χ4v) is 6.61. The smallest absolute Gasteiger partial charge is 0.224 e. The van der Waals surface area contributed by atoms with E-state index in [0.29, 0.717) is 24.3 Å². The lowest BCUT2D eigenvalue weighted by Crippen LogP contribution is -2.49. The monoisotopic (exact) mass is 691 g/mol. The van der Waals surface area contributed by atoms with Crippen LogP contribution in [0.2, 0.25) is 0 Å². The fraction of sp³-hybridized carbons (Fsp3) is 0.366. The van der Waals surface area contributed by atoms with Crippen LogP contribution >= 0.6 is 0 Å². The summed E-state index contributed by atoms with van der Waals surface area (Å²) in [6.07, 6.45) is 0.968. The summed E-state index contributed by atoms with van der Waals surface area (Å²) in [7, 11) is 0. The second-order valence-corrected chi connectivity index (χ2v) is 13.4. The molecule has 10 heteroatoms. The van der Waals surface area contributed by atoms with Gasteiger partial charge in [-0.1, -0.05) is 91.0 Å². The number of para-hydroxylation sites is 2. The molecule has 5 N–H and O–H groups in total. The number of amides is 2. The molecule has 4 aromatic rings. The van der Waals surface area contributed by atoms with Gasteiger partial charge in [0.2, 0.25) is 11.8 Å². The predicted molar refractivity (Wildman–Crippen MR) is 198 cm³/mol. The average molecular weight is 692 g/mol. The van der Waals surface area contributed by atoms with Crippen LogP contribution in [0.5, 0.6) is 0 Å². The van der Waals surface area contributed by atoms with E-state index in [4.69, 9.17) is 15.2 Å². The Bertz CT molecular complexity index is 1690. The molecule has 0 bridgehead atoms. The molecular weight excluding hydrogens is 642 g/mol. The van der Waals surface area contributed by atoms with E-state index in [1.807, 2.05) is 60.7 Å². The second-order valence-electron chi connectivity index (χ2n) is 13.4. The van der Waals surface area contributed by atoms with E-state index >= 15 is 0 Å². The van der Waals surface area contributed by atoms with Crippen LogP contribution in [0.3, 0.4) is 0 Å². The third-order valence-corrected chi connectivity index (χ3v) is 9.57. The number of piperazine rings is 1. The van der Waals surface area contributed by atoms with Crippen molar-refractivity contribution >= 4 is 23.2 Å². The number of nitrogens with zero attached hydrogens (tertiary/aromatic N) is 2. The summed E-state index contributed by atoms with van der Waals surface area (Å²) in [5, 5.41) is 15.3. The third kappa shape index (κ3) is 10.7. The Morgan fingerprint density at radius 1 is 0.725 bits per heavy atom. The number of ether oxygens (including phenoxy) is 2. The molecular formula is C41H49N5O5. The van der Waals surface area contributed by atoms with Crippen molar-refractivity contribution in [3.8, 4) is 0 Å². The molecule has 2 aliphatic heterocycles. The minimum Gasteiger partial charge on any atom is -0.397 e. The molecule has 2 amide bonds. The predicted octanol–water partition coefficient (Wildman–Crippen LogP) is 5.55. The highest BCUT2D eigenvalue weighted by Gasteiger charge is 2.33. The summed E-state index contributed by atoms with van der Waals surface area (Å²) in [5.74, 6) is -0.277. The first-order chi connectivity index (χ1) is 24.9. The molecule has 51 heavy (non-hydrogen) atoms. The standard InChI is InChI=1S/C41H49N5O5/c42-36-9-4-5-10-37(36)44-40(49)12-6-11-39(48)43-26-30-13-19-34(20-14-30)41-50-35(25-38(51-41)33-17-15-32(29-47)16-18-33)28-46-23-21-45(22-24-46)27-31-7-2-1-3-8-31/h1-5,7-10,13-20,35,38,41,47H,6,11-12,21-29,42H2,(H,43,48)(H,44,49)/t35-,38+,41+/m1/s1. The first-order valence-corrected chi connectivity index (χ1v) is 17.9. The number of nitrogens with one attached hydrogen (secondary N) is 2. The van der Waals surface area contributed by atoms with E-state index in [1.165, 1.54) is 5.56 Å². The maximum absolute atomic E-state index is 12.5. The third-order valence-electron chi connectivity index (χ3n) is 9.57. The van der Waals surface area contributed by atoms with Crippen LogP contribution in [0.25, 0.3) is 0 Å². The molecule has 6 rings (SSSR count). The SMILES string of the molecule is Nc1ccccc1NC(=O)CCCC(=O)NCc1ccc([C@H]2O[C@@H](CN3CCN(Cc4ccccc4)CC3)C[C@@H](c3ccc(CO)cc3)O2)cc1. The van der Waals surface area contributed by atoms with E-state index in [0.717, 1.165) is 67.9 Å². The summed E-state index contributed by atoms with van der Waals surface area (Å²) < 4.78 is 13.2. The summed E-state index contributed by atoms with van der Waals surface area (Å²) in [6.45, 7) is 6.21. The number of carbonyl (C=O) groups excluding carboxylic acids is 2. The van der Waals surface area contributed by atoms with Gasteiger partial charge in [0, 0.05) is 70.6 Å². The number of benzene rings is 4. The van der Waals surface area contributed by atoms with Gasteiger partial charge in [0.15, 0.2) is 6.29 Å². The molecule has 10 nitrogen and oxygen atoms in total. The van der Waals surface area contributed by atoms with Gasteiger partial charge in [-0.3, -0.25) is 19.4 Å². The maximum Gasteiger partial charge on any atom is 0.224 e. The minimum absolute atomic E-state index is 0.00502. The molecule has 2 saturated heterocycles. The van der Waals surface area contributed by atoms with Gasteiger partial charge in [-0.25, -0.2) is 0 Å². The summed E-state index contributed by atoms with van der Waals surface area (Å²) in [6, 6.07) is 33.7. The van der Waals surface area contributed by atoms with Crippen LogP contribution in [-0.2, 0) is 38.8 Å². The van der Waals surface area contributed by atoms with Crippen molar-refractivity contribution in [2.45, 2.75) is 63.9 Å². The number of hydrogen-bond donors (Lipinski definition) is 4. The van der Waals surface area contributed by atoms with Crippen LogP contribution < -0.4 is 16.4 Å². The zero-order chi connectivity index (χ0) is 35.4. The molecule has 0 saturated carbocycles. The Hall–Kier alpha value is -4.58. The Balaban J connectivity index is 1.00. The molecule has 0 radical (unpaired) electrons. The largest absolute Gasteiger partial charge is 0.397 e. The fourth-order valence-electron chi connectivity index (χ4n) is 6.61. The van der Waals surface area contributed by atoms with Crippen LogP contribution in [-0.4, -0.2) is 65.5 Å². The molecule has 0 spiro atoms. The number of rotatable bonds is 14. The summed E-state index contributed by atoms with van der Waals surface area (Å²) >= 11 is 0. The van der Waals surface area contributed by atoms with Crippen molar-refractivity contribution in [3.05, 3.63) is 131 Å². The van der Waals surface area contributed by atoms with E-state index in [9.17, 15) is 14.7 Å². The van der Waals surface area contributed by atoms with Crippen molar-refractivity contribution in [2.24, 2.45) is 0 Å². The molecule has 0 unspecified atom stereocenters. The molecule has 4 aromatic carbocycles. The molecule has 2 heterocycles. The van der Waals surface area contributed by atoms with Crippen LogP contribution in [0.1, 0.15) is 65.9 Å². The van der Waals surface area contributed by atoms with E-state index < -0.39 is 6.29 Å². The maximum atomic E-state index is 12.5. The number of nitrogen functional groups attached to an aromatic ring is 1. The van der Waals surface area contributed by atoms with E-state index in [1.54, 1.807) is 12.1 Å². The minimum atomic E-state index is -0.535. The number of hydrogen-bond acceptors (Lipinski definition) is 8. The first kappa shape index (κ1) is 36.2. The van der Waals surface area contributed by atoms with Gasteiger partial charge in [-0.05, 0) is 40.8 Å². The number of anilines is 2. The van der Waals surface area contributed by atoms with Gasteiger partial charge in [-0.15, -0.1) is 0 Å². The van der Waals surface area contributed by atoms with Crippen molar-refractivity contribution in [1.82, 2.24) is 15.1 Å². The van der Waals surface area contributed by atoms with Crippen LogP contribution in [0.4, 0.5) is 11.4 Å². The highest BCUT2D eigenvalue weighted by molar-refractivity contribution is 5.93. The van der Waals surface area contributed by atoms with E-state index in [2.05, 4.69) is 50.8 Å². The Kier molecular flexibility index (Phi) is 12.8. The summed E-state index contributed by atoms with van der Waals surface area (Å²) in [4.78, 5) is 29.8. The Morgan fingerprint density at radius 2 is 1.37 bits per heavy atom. The lowest BCUT2D eigenvalue weighted by Gasteiger charge is -2.40. The zero-order valence-corrected chi connectivity index (χ0v) is 29.1. The van der Waals surface area contributed by atoms with Crippen molar-refractivity contribution < 1.29 is 24.2 Å². The molecule has 2 fully saturated rings. The normalized spacial score (nSPS) is 19.7. The van der Waals surface area contributed by atoms with Gasteiger partial charge in [0.1, 0.15) is 0 Å². The second kappa shape index (κ2) is 18.1. The van der Waals surface area contributed by atoms with Gasteiger partial charge in [0.25, 0.3) is 0 Å². The van der Waals surface area contributed by atoms with Gasteiger partial charge >= 0.3 is 0 Å². The van der Waals surface area contributed by atoms with Crippen molar-refractivity contribution in [3.63, 3.8) is 0 Å². The van der Waals surface area contributed by atoms with Gasteiger partial charge in [-0.2, -0.15) is 0 Å². The number of aliphatic hydroxyl groups excluding tert-OH is 1. The lowest BCUT2D eigenvalue weighted by molar-refractivity contribution is -0.253. The topological polar surface area (TPSA) is 129 Å². The molecule has 268 valence electrons. The van der Waals surface area contributed by atoms with Gasteiger partial charge in [0.05, 0.1) is 30.2 Å². The van der Waals surface area contributed by atoms with Crippen LogP contribution in [0.15, 0.2) is 103 Å². The highest BCUT2D eigenvalue weighted by atomic mass is 16.7. The summed E-state index contributed by atoms with van der Waals surface area (Å²) in [5.41, 5.74) is 12.1. The zero-order valence-electron chi connectivity index (χ0n) is 29.1. The Labute approximate surface area is 300 Å². The molecule has 0 aromatic heterocycles. The van der Waals surface area contributed by atoms with Gasteiger partial charge < -0.3 is 30.9 Å². The van der Waals surface area contributed by atoms with E-state index in [-0.39, 0.29) is 43.5 Å². The number of aliphatic hydroxyl groups is 1. The van der Waals surface area contributed by atoms with Crippen molar-refractivity contribution in [2.75, 3.05) is 43.8 Å². The quantitative estimate of drug-likeness (QED) is 0.127. The number of carbonyl (C=O) groups is 2. The lowest BCUT2D eigenvalue weighted by atomic mass is 9.99. The van der Waals surface area contributed by atoms with Crippen LogP contribution in [0, 0.1) is 0 Å². The van der Waals surface area contributed by atoms with Crippen molar-refractivity contribution in [1.29, 1.82) is 0 Å². The Morgan fingerprint density at radius 3 is 2.10 bits per heavy atom. The number of nitrogens with two attached hydrogens (primary N) is 1. The molecule has 3 atom stereocenters. The molecule has 0 aliphatic carbocycles. The average Bonchev–Trinajstić information content (AvgIpc) is 3.16. The highest BCUT2D eigenvalue weighted by Crippen LogP contribution is 2.38. The molecule has 2 aliphatic rings. The first-order valence-electron chi connectivity index (χ1n) is 17.9.